The van der Waals surface area contributed by atoms with Crippen molar-refractivity contribution in [2.24, 2.45) is 0 Å². The molecule has 1 aromatic carbocycles. The van der Waals surface area contributed by atoms with Gasteiger partial charge in [-0.05, 0) is 36.8 Å². The Morgan fingerprint density at radius 1 is 1.26 bits per heavy atom. The van der Waals surface area contributed by atoms with Crippen LogP contribution in [0.15, 0.2) is 40.9 Å². The van der Waals surface area contributed by atoms with E-state index in [0.29, 0.717) is 22.9 Å². The summed E-state index contributed by atoms with van der Waals surface area (Å²) < 4.78 is 11.1. The number of furan rings is 1. The molecule has 3 aromatic rings. The first kappa shape index (κ1) is 17.8. The van der Waals surface area contributed by atoms with Crippen molar-refractivity contribution in [3.05, 3.63) is 58.4 Å². The van der Waals surface area contributed by atoms with E-state index in [2.05, 4.69) is 15.2 Å². The van der Waals surface area contributed by atoms with E-state index in [9.17, 15) is 4.79 Å². The van der Waals surface area contributed by atoms with Crippen LogP contribution in [0.3, 0.4) is 0 Å². The summed E-state index contributed by atoms with van der Waals surface area (Å²) in [5.41, 5.74) is 2.36. The third-order valence-corrected chi connectivity index (χ3v) is 4.94. The summed E-state index contributed by atoms with van der Waals surface area (Å²) in [6.45, 7) is 5.38. The molecule has 0 spiro atoms. The lowest BCUT2D eigenvalue weighted by molar-refractivity contribution is 0.0924. The van der Waals surface area contributed by atoms with Gasteiger partial charge in [-0.1, -0.05) is 17.7 Å². The average molecular weight is 386 g/mol. The highest BCUT2D eigenvalue weighted by Gasteiger charge is 2.18. The first-order valence-corrected chi connectivity index (χ1v) is 9.24. The van der Waals surface area contributed by atoms with E-state index in [1.165, 1.54) is 0 Å². The van der Waals surface area contributed by atoms with Crippen molar-refractivity contribution in [2.75, 3.05) is 31.2 Å². The van der Waals surface area contributed by atoms with Crippen molar-refractivity contribution >= 4 is 34.3 Å². The maximum Gasteiger partial charge on any atom is 0.287 e. The quantitative estimate of drug-likeness (QED) is 0.743. The molecule has 140 valence electrons. The molecule has 3 heterocycles. The maximum atomic E-state index is 12.5. The number of hydrogen-bond donors (Lipinski definition) is 1. The molecular weight excluding hydrogens is 366 g/mol. The summed E-state index contributed by atoms with van der Waals surface area (Å²) in [6, 6.07) is 9.28. The van der Waals surface area contributed by atoms with Crippen molar-refractivity contribution < 1.29 is 13.9 Å². The Balaban J connectivity index is 1.42. The van der Waals surface area contributed by atoms with Crippen LogP contribution < -0.4 is 10.2 Å². The van der Waals surface area contributed by atoms with E-state index in [1.54, 1.807) is 24.4 Å². The number of carbonyl (C=O) groups is 1. The average Bonchev–Trinajstić information content (AvgIpc) is 3.03. The minimum Gasteiger partial charge on any atom is -0.451 e. The highest BCUT2D eigenvalue weighted by atomic mass is 35.5. The number of hydrogen-bond acceptors (Lipinski definition) is 5. The summed E-state index contributed by atoms with van der Waals surface area (Å²) in [7, 11) is 0. The molecule has 1 fully saturated rings. The topological polar surface area (TPSA) is 67.6 Å². The molecule has 2 aromatic heterocycles. The van der Waals surface area contributed by atoms with Gasteiger partial charge in [-0.25, -0.2) is 4.98 Å². The summed E-state index contributed by atoms with van der Waals surface area (Å²) in [5, 5.41) is 4.36. The van der Waals surface area contributed by atoms with Crippen LogP contribution in [0.5, 0.6) is 0 Å². The van der Waals surface area contributed by atoms with E-state index in [1.807, 2.05) is 19.1 Å². The number of amides is 1. The van der Waals surface area contributed by atoms with E-state index in [4.69, 9.17) is 20.8 Å². The molecule has 1 aliphatic rings. The van der Waals surface area contributed by atoms with Gasteiger partial charge in [-0.3, -0.25) is 4.79 Å². The van der Waals surface area contributed by atoms with Crippen molar-refractivity contribution in [1.82, 2.24) is 10.3 Å². The van der Waals surface area contributed by atoms with Gasteiger partial charge in [-0.2, -0.15) is 0 Å². The Hall–Kier alpha value is -2.57. The molecule has 4 rings (SSSR count). The second kappa shape index (κ2) is 7.58. The second-order valence-electron chi connectivity index (χ2n) is 6.50. The molecule has 1 N–H and O–H groups in total. The number of benzene rings is 1. The van der Waals surface area contributed by atoms with Gasteiger partial charge in [0.25, 0.3) is 5.91 Å². The molecule has 0 bridgehead atoms. The molecule has 0 saturated carbocycles. The highest BCUT2D eigenvalue weighted by Crippen LogP contribution is 2.27. The van der Waals surface area contributed by atoms with Gasteiger partial charge >= 0.3 is 0 Å². The zero-order valence-electron chi connectivity index (χ0n) is 15.0. The minimum atomic E-state index is -0.253. The van der Waals surface area contributed by atoms with Crippen LogP contribution in [-0.2, 0) is 11.3 Å². The van der Waals surface area contributed by atoms with Crippen LogP contribution in [-0.4, -0.2) is 37.2 Å². The van der Waals surface area contributed by atoms with Crippen LogP contribution in [0.2, 0.25) is 5.02 Å². The molecule has 0 radical (unpaired) electrons. The van der Waals surface area contributed by atoms with Crippen molar-refractivity contribution in [3.8, 4) is 0 Å². The third-order valence-electron chi connectivity index (χ3n) is 4.70. The molecule has 0 atom stereocenters. The number of morpholine rings is 1. The number of halogens is 1. The molecule has 7 heteroatoms. The molecule has 0 aliphatic carbocycles. The van der Waals surface area contributed by atoms with Crippen LogP contribution >= 0.6 is 11.6 Å². The first-order chi connectivity index (χ1) is 13.1. The van der Waals surface area contributed by atoms with E-state index in [-0.39, 0.29) is 5.91 Å². The number of nitrogens with one attached hydrogen (secondary N) is 1. The van der Waals surface area contributed by atoms with Crippen molar-refractivity contribution in [3.63, 3.8) is 0 Å². The normalized spacial score (nSPS) is 14.5. The monoisotopic (exact) mass is 385 g/mol. The van der Waals surface area contributed by atoms with Gasteiger partial charge in [0.2, 0.25) is 0 Å². The van der Waals surface area contributed by atoms with Gasteiger partial charge in [0, 0.05) is 41.8 Å². The summed E-state index contributed by atoms with van der Waals surface area (Å²) >= 11 is 6.03. The Morgan fingerprint density at radius 2 is 2.07 bits per heavy atom. The number of pyridine rings is 1. The number of rotatable bonds is 4. The Kier molecular flexibility index (Phi) is 5.01. The number of aromatic nitrogens is 1. The van der Waals surface area contributed by atoms with E-state index < -0.39 is 0 Å². The fourth-order valence-corrected chi connectivity index (χ4v) is 3.35. The predicted molar refractivity (Wildman–Crippen MR) is 104 cm³/mol. The molecular formula is C20H20ClN3O3. The zero-order chi connectivity index (χ0) is 18.8. The molecule has 1 amide bonds. The Morgan fingerprint density at radius 3 is 2.81 bits per heavy atom. The molecule has 27 heavy (non-hydrogen) atoms. The molecule has 0 unspecified atom stereocenters. The minimum absolute atomic E-state index is 0.253. The zero-order valence-corrected chi connectivity index (χ0v) is 15.8. The largest absolute Gasteiger partial charge is 0.451 e. The Bertz CT molecular complexity index is 963. The second-order valence-corrected chi connectivity index (χ2v) is 6.94. The van der Waals surface area contributed by atoms with Gasteiger partial charge < -0.3 is 19.4 Å². The Labute approximate surface area is 162 Å². The fraction of sp³-hybridized carbons (Fsp3) is 0.300. The van der Waals surface area contributed by atoms with Crippen LogP contribution in [0.1, 0.15) is 21.7 Å². The van der Waals surface area contributed by atoms with Crippen molar-refractivity contribution in [1.29, 1.82) is 0 Å². The van der Waals surface area contributed by atoms with Gasteiger partial charge in [0.15, 0.2) is 5.76 Å². The SMILES string of the molecule is Cc1c(C(=O)NCc2ccc(N3CCOCC3)nc2)oc2ccc(Cl)cc12. The number of carbonyl (C=O) groups excluding carboxylic acids is 1. The van der Waals surface area contributed by atoms with Crippen molar-refractivity contribution in [2.45, 2.75) is 13.5 Å². The number of nitrogens with zero attached hydrogens (tertiary/aromatic N) is 2. The van der Waals surface area contributed by atoms with E-state index in [0.717, 1.165) is 48.6 Å². The molecule has 1 saturated heterocycles. The van der Waals surface area contributed by atoms with Gasteiger partial charge in [0.05, 0.1) is 13.2 Å². The summed E-state index contributed by atoms with van der Waals surface area (Å²) in [6.07, 6.45) is 1.79. The summed E-state index contributed by atoms with van der Waals surface area (Å²) in [4.78, 5) is 19.2. The summed E-state index contributed by atoms with van der Waals surface area (Å²) in [5.74, 6) is 0.987. The molecule has 1 aliphatic heterocycles. The standard InChI is InChI=1S/C20H20ClN3O3/c1-13-16-10-15(21)3-4-17(16)27-19(13)20(25)23-12-14-2-5-18(22-11-14)24-6-8-26-9-7-24/h2-5,10-11H,6-9,12H2,1H3,(H,23,25). The molecule has 6 nitrogen and oxygen atoms in total. The fourth-order valence-electron chi connectivity index (χ4n) is 3.17. The van der Waals surface area contributed by atoms with E-state index >= 15 is 0 Å². The lowest BCUT2D eigenvalue weighted by Crippen LogP contribution is -2.36. The maximum absolute atomic E-state index is 12.5. The number of anilines is 1. The predicted octanol–water partition coefficient (Wildman–Crippen LogP) is 3.56. The van der Waals surface area contributed by atoms with Gasteiger partial charge in [-0.15, -0.1) is 0 Å². The number of aryl methyl sites for hydroxylation is 1. The number of fused-ring (bicyclic) bond motifs is 1. The lowest BCUT2D eigenvalue weighted by atomic mass is 10.1. The smallest absolute Gasteiger partial charge is 0.287 e. The highest BCUT2D eigenvalue weighted by molar-refractivity contribution is 6.31. The number of ether oxygens (including phenoxy) is 1. The van der Waals surface area contributed by atoms with Crippen LogP contribution in [0.4, 0.5) is 5.82 Å². The lowest BCUT2D eigenvalue weighted by Gasteiger charge is -2.27. The van der Waals surface area contributed by atoms with Gasteiger partial charge in [0.1, 0.15) is 11.4 Å². The first-order valence-electron chi connectivity index (χ1n) is 8.86. The van der Waals surface area contributed by atoms with Crippen LogP contribution in [0.25, 0.3) is 11.0 Å². The van der Waals surface area contributed by atoms with Crippen LogP contribution in [0, 0.1) is 6.92 Å². The third kappa shape index (κ3) is 3.77.